The van der Waals surface area contributed by atoms with Crippen LogP contribution in [-0.4, -0.2) is 76.9 Å². The summed E-state index contributed by atoms with van der Waals surface area (Å²) >= 11 is 0. The molecule has 1 aromatic rings. The molecule has 138 valence electrons. The highest BCUT2D eigenvalue weighted by molar-refractivity contribution is 5.42. The standard InChI is InChI=1S/C16H30N4O4/c1-6-12-7-15(17-8-13(23-4)10-21-2)20-16(19-12)18-9-14(24-5)11-22-3/h7,13-14H,6,8-11H2,1-5H3,(H2,17,18,19,20). The first-order chi connectivity index (χ1) is 11.7. The van der Waals surface area contributed by atoms with E-state index in [1.54, 1.807) is 28.4 Å². The molecule has 0 radical (unpaired) electrons. The van der Waals surface area contributed by atoms with Crippen LogP contribution in [0.5, 0.6) is 0 Å². The zero-order chi connectivity index (χ0) is 17.8. The second-order valence-electron chi connectivity index (χ2n) is 5.31. The first-order valence-electron chi connectivity index (χ1n) is 8.05. The lowest BCUT2D eigenvalue weighted by Crippen LogP contribution is -2.28. The lowest BCUT2D eigenvalue weighted by molar-refractivity contribution is 0.0364. The minimum atomic E-state index is -0.0557. The summed E-state index contributed by atoms with van der Waals surface area (Å²) in [6.07, 6.45) is 0.731. The summed E-state index contributed by atoms with van der Waals surface area (Å²) < 4.78 is 20.9. The van der Waals surface area contributed by atoms with Crippen molar-refractivity contribution in [3.8, 4) is 0 Å². The molecule has 0 fully saturated rings. The van der Waals surface area contributed by atoms with Crippen molar-refractivity contribution in [3.05, 3.63) is 11.8 Å². The number of nitrogens with zero attached hydrogens (tertiary/aromatic N) is 2. The molecule has 8 heteroatoms. The minimum absolute atomic E-state index is 0.0361. The van der Waals surface area contributed by atoms with Gasteiger partial charge in [0, 0.05) is 53.3 Å². The summed E-state index contributed by atoms with van der Waals surface area (Å²) in [7, 11) is 6.62. The van der Waals surface area contributed by atoms with Crippen LogP contribution in [0.2, 0.25) is 0 Å². The molecule has 0 saturated carbocycles. The Balaban J connectivity index is 2.69. The fourth-order valence-electron chi connectivity index (χ4n) is 2.06. The van der Waals surface area contributed by atoms with E-state index in [0.29, 0.717) is 32.3 Å². The van der Waals surface area contributed by atoms with E-state index >= 15 is 0 Å². The molecule has 2 atom stereocenters. The molecule has 8 nitrogen and oxygen atoms in total. The average Bonchev–Trinajstić information content (AvgIpc) is 2.61. The van der Waals surface area contributed by atoms with Crippen LogP contribution in [0.1, 0.15) is 12.6 Å². The number of aryl methyl sites for hydroxylation is 1. The van der Waals surface area contributed by atoms with Gasteiger partial charge in [-0.15, -0.1) is 0 Å². The maximum absolute atomic E-state index is 5.34. The molecule has 24 heavy (non-hydrogen) atoms. The van der Waals surface area contributed by atoms with Crippen molar-refractivity contribution in [2.45, 2.75) is 25.6 Å². The highest BCUT2D eigenvalue weighted by Crippen LogP contribution is 2.11. The summed E-state index contributed by atoms with van der Waals surface area (Å²) in [5.41, 5.74) is 0.955. The molecule has 0 aliphatic carbocycles. The van der Waals surface area contributed by atoms with Gasteiger partial charge in [0.2, 0.25) is 5.95 Å². The SMILES string of the molecule is CCc1cc(NCC(COC)OC)nc(NCC(COC)OC)n1. The number of ether oxygens (including phenoxy) is 4. The van der Waals surface area contributed by atoms with Gasteiger partial charge >= 0.3 is 0 Å². The van der Waals surface area contributed by atoms with Gasteiger partial charge in [0.15, 0.2) is 0 Å². The van der Waals surface area contributed by atoms with E-state index in [0.717, 1.165) is 17.9 Å². The van der Waals surface area contributed by atoms with Gasteiger partial charge in [-0.05, 0) is 6.42 Å². The summed E-state index contributed by atoms with van der Waals surface area (Å²) in [4.78, 5) is 8.98. The number of hydrogen-bond acceptors (Lipinski definition) is 8. The van der Waals surface area contributed by atoms with Gasteiger partial charge in [-0.1, -0.05) is 6.92 Å². The highest BCUT2D eigenvalue weighted by atomic mass is 16.5. The van der Waals surface area contributed by atoms with Gasteiger partial charge in [-0.2, -0.15) is 4.98 Å². The van der Waals surface area contributed by atoms with Crippen LogP contribution in [0, 0.1) is 0 Å². The zero-order valence-corrected chi connectivity index (χ0v) is 15.3. The van der Waals surface area contributed by atoms with Crippen molar-refractivity contribution in [1.29, 1.82) is 0 Å². The lowest BCUT2D eigenvalue weighted by Gasteiger charge is -2.17. The van der Waals surface area contributed by atoms with Gasteiger partial charge in [-0.25, -0.2) is 4.98 Å². The maximum atomic E-state index is 5.34. The first kappa shape index (κ1) is 20.6. The molecule has 1 aromatic heterocycles. The molecular weight excluding hydrogens is 312 g/mol. The van der Waals surface area contributed by atoms with Crippen molar-refractivity contribution in [2.75, 3.05) is 65.4 Å². The molecule has 1 heterocycles. The van der Waals surface area contributed by atoms with Gasteiger partial charge in [0.05, 0.1) is 25.4 Å². The van der Waals surface area contributed by atoms with E-state index in [1.807, 2.05) is 6.07 Å². The van der Waals surface area contributed by atoms with E-state index < -0.39 is 0 Å². The predicted molar refractivity (Wildman–Crippen MR) is 93.7 cm³/mol. The second-order valence-corrected chi connectivity index (χ2v) is 5.31. The number of methoxy groups -OCH3 is 4. The van der Waals surface area contributed by atoms with Crippen molar-refractivity contribution in [3.63, 3.8) is 0 Å². The number of rotatable bonds is 13. The van der Waals surface area contributed by atoms with Crippen LogP contribution in [0.15, 0.2) is 6.07 Å². The third kappa shape index (κ3) is 7.39. The summed E-state index contributed by atoms with van der Waals surface area (Å²) in [5, 5.41) is 6.47. The molecule has 0 aliphatic heterocycles. The maximum Gasteiger partial charge on any atom is 0.224 e. The smallest absolute Gasteiger partial charge is 0.224 e. The topological polar surface area (TPSA) is 86.8 Å². The minimum Gasteiger partial charge on any atom is -0.382 e. The second kappa shape index (κ2) is 12.0. The fraction of sp³-hybridized carbons (Fsp3) is 0.750. The van der Waals surface area contributed by atoms with Crippen LogP contribution < -0.4 is 10.6 Å². The Labute approximate surface area is 144 Å². The molecule has 0 amide bonds. The monoisotopic (exact) mass is 342 g/mol. The van der Waals surface area contributed by atoms with Gasteiger partial charge in [0.25, 0.3) is 0 Å². The highest BCUT2D eigenvalue weighted by Gasteiger charge is 2.11. The summed E-state index contributed by atoms with van der Waals surface area (Å²) in [5.74, 6) is 1.32. The van der Waals surface area contributed by atoms with Gasteiger partial charge in [-0.3, -0.25) is 0 Å². The van der Waals surface area contributed by atoms with Crippen molar-refractivity contribution in [2.24, 2.45) is 0 Å². The van der Waals surface area contributed by atoms with Crippen LogP contribution in [0.25, 0.3) is 0 Å². The molecule has 0 spiro atoms. The Hall–Kier alpha value is -1.48. The van der Waals surface area contributed by atoms with Crippen molar-refractivity contribution < 1.29 is 18.9 Å². The zero-order valence-electron chi connectivity index (χ0n) is 15.3. The average molecular weight is 342 g/mol. The molecule has 0 aliphatic rings. The Morgan fingerprint density at radius 2 is 1.50 bits per heavy atom. The third-order valence-electron chi connectivity index (χ3n) is 3.51. The van der Waals surface area contributed by atoms with Crippen LogP contribution in [0.3, 0.4) is 0 Å². The van der Waals surface area contributed by atoms with E-state index in [2.05, 4.69) is 27.5 Å². The third-order valence-corrected chi connectivity index (χ3v) is 3.51. The van der Waals surface area contributed by atoms with Crippen molar-refractivity contribution >= 4 is 11.8 Å². The molecule has 2 unspecified atom stereocenters. The largest absolute Gasteiger partial charge is 0.382 e. The first-order valence-corrected chi connectivity index (χ1v) is 8.05. The van der Waals surface area contributed by atoms with Crippen molar-refractivity contribution in [1.82, 2.24) is 9.97 Å². The number of anilines is 2. The summed E-state index contributed by atoms with van der Waals surface area (Å²) in [6.45, 7) is 4.26. The van der Waals surface area contributed by atoms with Crippen LogP contribution in [0.4, 0.5) is 11.8 Å². The quantitative estimate of drug-likeness (QED) is 0.553. The molecule has 0 bridgehead atoms. The molecule has 0 aromatic carbocycles. The number of hydrogen-bond donors (Lipinski definition) is 2. The molecule has 0 saturated heterocycles. The van der Waals surface area contributed by atoms with E-state index in [9.17, 15) is 0 Å². The molecular formula is C16H30N4O4. The normalized spacial score (nSPS) is 13.5. The fourth-order valence-corrected chi connectivity index (χ4v) is 2.06. The van der Waals surface area contributed by atoms with E-state index in [4.69, 9.17) is 18.9 Å². The predicted octanol–water partition coefficient (Wildman–Crippen LogP) is 1.19. The molecule has 1 rings (SSSR count). The Morgan fingerprint density at radius 1 is 0.917 bits per heavy atom. The Kier molecular flexibility index (Phi) is 10.3. The van der Waals surface area contributed by atoms with Crippen LogP contribution >= 0.6 is 0 Å². The van der Waals surface area contributed by atoms with Gasteiger partial charge in [0.1, 0.15) is 5.82 Å². The number of nitrogens with one attached hydrogen (secondary N) is 2. The lowest BCUT2D eigenvalue weighted by atomic mass is 10.3. The van der Waals surface area contributed by atoms with E-state index in [-0.39, 0.29) is 12.2 Å². The van der Waals surface area contributed by atoms with Crippen LogP contribution in [-0.2, 0) is 25.4 Å². The van der Waals surface area contributed by atoms with Gasteiger partial charge < -0.3 is 29.6 Å². The Morgan fingerprint density at radius 3 is 2.00 bits per heavy atom. The Bertz CT molecular complexity index is 425. The number of aromatic nitrogens is 2. The summed E-state index contributed by atoms with van der Waals surface area (Å²) in [6, 6.07) is 1.94. The molecule has 2 N–H and O–H groups in total. The van der Waals surface area contributed by atoms with E-state index in [1.165, 1.54) is 0 Å².